The molecule has 6 heteroatoms. The number of halogens is 1. The second kappa shape index (κ2) is 9.74. The average molecular weight is 400 g/mol. The maximum absolute atomic E-state index is 13.9. The molecule has 29 heavy (non-hydrogen) atoms. The number of nitrogens with zero attached hydrogens (tertiary/aromatic N) is 1. The fourth-order valence-electron chi connectivity index (χ4n) is 3.81. The van der Waals surface area contributed by atoms with Crippen molar-refractivity contribution >= 4 is 5.91 Å². The molecule has 1 saturated heterocycles. The van der Waals surface area contributed by atoms with E-state index in [1.54, 1.807) is 20.3 Å². The van der Waals surface area contributed by atoms with E-state index in [9.17, 15) is 9.18 Å². The van der Waals surface area contributed by atoms with Crippen LogP contribution in [0.15, 0.2) is 42.5 Å². The molecule has 156 valence electrons. The highest BCUT2D eigenvalue weighted by molar-refractivity contribution is 5.79. The van der Waals surface area contributed by atoms with Crippen LogP contribution in [0.1, 0.15) is 36.9 Å². The SMILES string of the molecule is COc1ccc(OC)c(C(C)NC(=O)C2CCN(Cc3ccccc3F)CC2)c1. The number of carbonyl (C=O) groups is 1. The number of nitrogens with one attached hydrogen (secondary N) is 1. The molecule has 2 aromatic rings. The van der Waals surface area contributed by atoms with E-state index < -0.39 is 0 Å². The van der Waals surface area contributed by atoms with Gasteiger partial charge in [-0.2, -0.15) is 0 Å². The largest absolute Gasteiger partial charge is 0.497 e. The molecule has 0 bridgehead atoms. The number of benzene rings is 2. The van der Waals surface area contributed by atoms with Crippen LogP contribution in [0, 0.1) is 11.7 Å². The van der Waals surface area contributed by atoms with Crippen molar-refractivity contribution in [2.24, 2.45) is 5.92 Å². The van der Waals surface area contributed by atoms with Crippen LogP contribution in [0.4, 0.5) is 4.39 Å². The van der Waals surface area contributed by atoms with Gasteiger partial charge in [0.25, 0.3) is 0 Å². The number of likely N-dealkylation sites (tertiary alicyclic amines) is 1. The normalized spacial score (nSPS) is 16.3. The van der Waals surface area contributed by atoms with Gasteiger partial charge in [0.2, 0.25) is 5.91 Å². The van der Waals surface area contributed by atoms with Crippen LogP contribution >= 0.6 is 0 Å². The maximum Gasteiger partial charge on any atom is 0.223 e. The van der Waals surface area contributed by atoms with Crippen molar-refractivity contribution in [2.75, 3.05) is 27.3 Å². The topological polar surface area (TPSA) is 50.8 Å². The molecule has 1 fully saturated rings. The van der Waals surface area contributed by atoms with E-state index in [1.165, 1.54) is 6.07 Å². The molecule has 2 aromatic carbocycles. The van der Waals surface area contributed by atoms with Crippen molar-refractivity contribution in [1.29, 1.82) is 0 Å². The van der Waals surface area contributed by atoms with Gasteiger partial charge in [0.05, 0.1) is 20.3 Å². The van der Waals surface area contributed by atoms with Crippen molar-refractivity contribution < 1.29 is 18.7 Å². The first-order chi connectivity index (χ1) is 14.0. The fourth-order valence-corrected chi connectivity index (χ4v) is 3.81. The number of hydrogen-bond donors (Lipinski definition) is 1. The summed E-state index contributed by atoms with van der Waals surface area (Å²) in [6.07, 6.45) is 1.53. The third-order valence-corrected chi connectivity index (χ3v) is 5.57. The second-order valence-corrected chi connectivity index (χ2v) is 7.48. The lowest BCUT2D eigenvalue weighted by Gasteiger charge is -2.32. The number of piperidine rings is 1. The van der Waals surface area contributed by atoms with Crippen LogP contribution in [-0.2, 0) is 11.3 Å². The van der Waals surface area contributed by atoms with Crippen molar-refractivity contribution in [3.63, 3.8) is 0 Å². The van der Waals surface area contributed by atoms with Crippen LogP contribution in [0.5, 0.6) is 11.5 Å². The second-order valence-electron chi connectivity index (χ2n) is 7.48. The molecule has 1 heterocycles. The Balaban J connectivity index is 1.55. The van der Waals surface area contributed by atoms with Crippen LogP contribution in [0.25, 0.3) is 0 Å². The minimum Gasteiger partial charge on any atom is -0.497 e. The average Bonchev–Trinajstić information content (AvgIpc) is 2.75. The van der Waals surface area contributed by atoms with Gasteiger partial charge in [-0.3, -0.25) is 9.69 Å². The number of ether oxygens (including phenoxy) is 2. The summed E-state index contributed by atoms with van der Waals surface area (Å²) in [6, 6.07) is 12.2. The smallest absolute Gasteiger partial charge is 0.223 e. The van der Waals surface area contributed by atoms with Crippen LogP contribution in [0.3, 0.4) is 0 Å². The zero-order valence-electron chi connectivity index (χ0n) is 17.3. The molecular weight excluding hydrogens is 371 g/mol. The number of carbonyl (C=O) groups excluding carboxylic acids is 1. The molecule has 1 amide bonds. The van der Waals surface area contributed by atoms with E-state index >= 15 is 0 Å². The Hall–Kier alpha value is -2.60. The minimum atomic E-state index is -0.191. The molecule has 5 nitrogen and oxygen atoms in total. The number of amides is 1. The first-order valence-corrected chi connectivity index (χ1v) is 10.00. The number of hydrogen-bond acceptors (Lipinski definition) is 4. The van der Waals surface area contributed by atoms with Gasteiger partial charge in [0, 0.05) is 23.6 Å². The summed E-state index contributed by atoms with van der Waals surface area (Å²) >= 11 is 0. The fraction of sp³-hybridized carbons (Fsp3) is 0.435. The van der Waals surface area contributed by atoms with Crippen molar-refractivity contribution in [1.82, 2.24) is 10.2 Å². The van der Waals surface area contributed by atoms with Gasteiger partial charge >= 0.3 is 0 Å². The Labute approximate surface area is 171 Å². The zero-order valence-corrected chi connectivity index (χ0v) is 17.3. The van der Waals surface area contributed by atoms with Gasteiger partial charge in [-0.25, -0.2) is 4.39 Å². The molecule has 0 saturated carbocycles. The molecule has 0 radical (unpaired) electrons. The summed E-state index contributed by atoms with van der Waals surface area (Å²) in [5.74, 6) is 1.29. The van der Waals surface area contributed by atoms with Crippen molar-refractivity contribution in [3.05, 3.63) is 59.4 Å². The predicted octanol–water partition coefficient (Wildman–Crippen LogP) is 3.93. The van der Waals surface area contributed by atoms with Crippen LogP contribution in [0.2, 0.25) is 0 Å². The molecule has 1 aliphatic heterocycles. The number of rotatable bonds is 7. The quantitative estimate of drug-likeness (QED) is 0.765. The molecular formula is C23H29FN2O3. The first kappa shape index (κ1) is 21.1. The van der Waals surface area contributed by atoms with Gasteiger partial charge in [-0.15, -0.1) is 0 Å². The lowest BCUT2D eigenvalue weighted by molar-refractivity contribution is -0.127. The van der Waals surface area contributed by atoms with E-state index in [4.69, 9.17) is 9.47 Å². The molecule has 1 unspecified atom stereocenters. The molecule has 1 atom stereocenters. The van der Waals surface area contributed by atoms with E-state index in [0.29, 0.717) is 12.1 Å². The Morgan fingerprint density at radius 3 is 2.55 bits per heavy atom. The van der Waals surface area contributed by atoms with Crippen LogP contribution in [-0.4, -0.2) is 38.1 Å². The standard InChI is InChI=1S/C23H29FN2O3/c1-16(20-14-19(28-2)8-9-22(20)29-3)25-23(27)17-10-12-26(13-11-17)15-18-6-4-5-7-21(18)24/h4-9,14,16-17H,10-13,15H2,1-3H3,(H,25,27). The lowest BCUT2D eigenvalue weighted by atomic mass is 9.94. The van der Waals surface area contributed by atoms with E-state index in [2.05, 4.69) is 10.2 Å². The van der Waals surface area contributed by atoms with E-state index in [0.717, 1.165) is 43.0 Å². The highest BCUT2D eigenvalue weighted by Gasteiger charge is 2.27. The first-order valence-electron chi connectivity index (χ1n) is 10.00. The van der Waals surface area contributed by atoms with Crippen molar-refractivity contribution in [3.8, 4) is 11.5 Å². The minimum absolute atomic E-state index is 0.0362. The summed E-state index contributed by atoms with van der Waals surface area (Å²) in [5, 5.41) is 3.11. The highest BCUT2D eigenvalue weighted by atomic mass is 19.1. The van der Waals surface area contributed by atoms with Gasteiger partial charge in [0.15, 0.2) is 0 Å². The summed E-state index contributed by atoms with van der Waals surface area (Å²) in [5.41, 5.74) is 1.59. The monoisotopic (exact) mass is 400 g/mol. The molecule has 1 N–H and O–H groups in total. The Morgan fingerprint density at radius 1 is 1.17 bits per heavy atom. The molecule has 0 aromatic heterocycles. The third-order valence-electron chi connectivity index (χ3n) is 5.57. The van der Waals surface area contributed by atoms with E-state index in [-0.39, 0.29) is 23.7 Å². The van der Waals surface area contributed by atoms with E-state index in [1.807, 2.05) is 37.3 Å². The Bertz CT molecular complexity index is 835. The van der Waals surface area contributed by atoms with Gasteiger partial charge in [-0.05, 0) is 57.1 Å². The summed E-state index contributed by atoms with van der Waals surface area (Å²) in [6.45, 7) is 4.09. The zero-order chi connectivity index (χ0) is 20.8. The molecule has 1 aliphatic rings. The summed E-state index contributed by atoms with van der Waals surface area (Å²) in [7, 11) is 3.23. The summed E-state index contributed by atoms with van der Waals surface area (Å²) < 4.78 is 24.6. The highest BCUT2D eigenvalue weighted by Crippen LogP contribution is 2.30. The van der Waals surface area contributed by atoms with Crippen LogP contribution < -0.4 is 14.8 Å². The Morgan fingerprint density at radius 2 is 1.90 bits per heavy atom. The van der Waals surface area contributed by atoms with Crippen molar-refractivity contribution in [2.45, 2.75) is 32.4 Å². The van der Waals surface area contributed by atoms with Gasteiger partial charge in [-0.1, -0.05) is 18.2 Å². The lowest BCUT2D eigenvalue weighted by Crippen LogP contribution is -2.41. The molecule has 0 aliphatic carbocycles. The third kappa shape index (κ3) is 5.26. The summed E-state index contributed by atoms with van der Waals surface area (Å²) in [4.78, 5) is 15.0. The number of methoxy groups -OCH3 is 2. The molecule has 0 spiro atoms. The molecule has 3 rings (SSSR count). The van der Waals surface area contributed by atoms with Gasteiger partial charge in [0.1, 0.15) is 17.3 Å². The Kier molecular flexibility index (Phi) is 7.09. The predicted molar refractivity (Wildman–Crippen MR) is 111 cm³/mol. The maximum atomic E-state index is 13.9. The van der Waals surface area contributed by atoms with Gasteiger partial charge < -0.3 is 14.8 Å².